The highest BCUT2D eigenvalue weighted by atomic mass is 16.1. The minimum Gasteiger partial charge on any atom is -0.280 e. The number of fused-ring (bicyclic) bond motifs is 3. The molecule has 2 heteroatoms. The number of hydrogen-bond donors (Lipinski definition) is 0. The molecule has 0 saturated carbocycles. The molecule has 0 saturated heterocycles. The Bertz CT molecular complexity index is 818. The van der Waals surface area contributed by atoms with Gasteiger partial charge in [0, 0.05) is 23.3 Å². The molecule has 0 N–H and O–H groups in total. The first-order valence-corrected chi connectivity index (χ1v) is 5.73. The Morgan fingerprint density at radius 1 is 1.11 bits per heavy atom. The van der Waals surface area contributed by atoms with Gasteiger partial charge in [-0.2, -0.15) is 0 Å². The maximum atomic E-state index is 11.8. The molecule has 0 aliphatic rings. The van der Waals surface area contributed by atoms with Gasteiger partial charge in [0.1, 0.15) is 0 Å². The SMILES string of the molecule is C#Cc1ccc2c(c1)c1ccccc1n2C(C)=O. The van der Waals surface area contributed by atoms with Gasteiger partial charge >= 0.3 is 0 Å². The zero-order valence-electron chi connectivity index (χ0n) is 9.97. The molecule has 0 amide bonds. The smallest absolute Gasteiger partial charge is 0.228 e. The summed E-state index contributed by atoms with van der Waals surface area (Å²) in [4.78, 5) is 11.8. The molecule has 0 spiro atoms. The number of hydrogen-bond acceptors (Lipinski definition) is 1. The highest BCUT2D eigenvalue weighted by Crippen LogP contribution is 2.29. The van der Waals surface area contributed by atoms with E-state index < -0.39 is 0 Å². The molecule has 0 fully saturated rings. The van der Waals surface area contributed by atoms with Crippen molar-refractivity contribution < 1.29 is 4.79 Å². The predicted molar refractivity (Wildman–Crippen MR) is 73.7 cm³/mol. The van der Waals surface area contributed by atoms with E-state index in [2.05, 4.69) is 5.92 Å². The van der Waals surface area contributed by atoms with Crippen LogP contribution in [0.1, 0.15) is 17.3 Å². The van der Waals surface area contributed by atoms with Crippen molar-refractivity contribution in [2.45, 2.75) is 6.92 Å². The molecule has 0 radical (unpaired) electrons. The Labute approximate surface area is 105 Å². The van der Waals surface area contributed by atoms with Crippen molar-refractivity contribution in [3.8, 4) is 12.3 Å². The number of benzene rings is 2. The first kappa shape index (κ1) is 10.6. The van der Waals surface area contributed by atoms with Gasteiger partial charge in [-0.05, 0) is 24.3 Å². The Balaban J connectivity index is 2.58. The zero-order chi connectivity index (χ0) is 12.7. The number of nitrogens with zero attached hydrogens (tertiary/aromatic N) is 1. The molecular formula is C16H11NO. The maximum absolute atomic E-state index is 11.8. The van der Waals surface area contributed by atoms with Gasteiger partial charge in [-0.15, -0.1) is 6.42 Å². The number of terminal acetylenes is 1. The average molecular weight is 233 g/mol. The third-order valence-corrected chi connectivity index (χ3v) is 3.15. The van der Waals surface area contributed by atoms with Crippen molar-refractivity contribution in [2.75, 3.05) is 0 Å². The normalized spacial score (nSPS) is 10.7. The average Bonchev–Trinajstić information content (AvgIpc) is 2.72. The number of carbonyl (C=O) groups excluding carboxylic acids is 1. The van der Waals surface area contributed by atoms with Crippen LogP contribution in [-0.2, 0) is 0 Å². The fourth-order valence-electron chi connectivity index (χ4n) is 2.40. The van der Waals surface area contributed by atoms with Gasteiger partial charge in [0.2, 0.25) is 5.91 Å². The van der Waals surface area contributed by atoms with Crippen molar-refractivity contribution in [1.82, 2.24) is 4.57 Å². The molecule has 0 bridgehead atoms. The van der Waals surface area contributed by atoms with Crippen LogP contribution in [-0.4, -0.2) is 10.5 Å². The molecular weight excluding hydrogens is 222 g/mol. The molecule has 0 aliphatic carbocycles. The summed E-state index contributed by atoms with van der Waals surface area (Å²) >= 11 is 0. The monoisotopic (exact) mass is 233 g/mol. The number of aromatic nitrogens is 1. The zero-order valence-corrected chi connectivity index (χ0v) is 9.97. The standard InChI is InChI=1S/C16H11NO/c1-3-12-8-9-16-14(10-12)13-6-4-5-7-15(13)17(16)11(2)18/h1,4-10H,2H3. The van der Waals surface area contributed by atoms with E-state index in [9.17, 15) is 4.79 Å². The van der Waals surface area contributed by atoms with Gasteiger partial charge in [-0.25, -0.2) is 0 Å². The van der Waals surface area contributed by atoms with Crippen LogP contribution in [0.2, 0.25) is 0 Å². The van der Waals surface area contributed by atoms with Crippen molar-refractivity contribution in [1.29, 1.82) is 0 Å². The Hall–Kier alpha value is -2.53. The lowest BCUT2D eigenvalue weighted by Crippen LogP contribution is -2.04. The van der Waals surface area contributed by atoms with E-state index in [-0.39, 0.29) is 5.91 Å². The topological polar surface area (TPSA) is 22.0 Å². The van der Waals surface area contributed by atoms with E-state index in [4.69, 9.17) is 6.42 Å². The van der Waals surface area contributed by atoms with Crippen LogP contribution in [0.3, 0.4) is 0 Å². The molecule has 1 aromatic heterocycles. The molecule has 3 rings (SSSR count). The summed E-state index contributed by atoms with van der Waals surface area (Å²) < 4.78 is 1.73. The summed E-state index contributed by atoms with van der Waals surface area (Å²) in [6, 6.07) is 13.6. The molecule has 0 aliphatic heterocycles. The molecule has 18 heavy (non-hydrogen) atoms. The molecule has 1 heterocycles. The van der Waals surface area contributed by atoms with Crippen LogP contribution in [0.4, 0.5) is 0 Å². The lowest BCUT2D eigenvalue weighted by molar-refractivity contribution is 0.0946. The summed E-state index contributed by atoms with van der Waals surface area (Å²) in [5.41, 5.74) is 2.66. The summed E-state index contributed by atoms with van der Waals surface area (Å²) in [6.45, 7) is 1.57. The number of rotatable bonds is 0. The summed E-state index contributed by atoms with van der Waals surface area (Å²) in [5, 5.41) is 2.08. The van der Waals surface area contributed by atoms with Crippen molar-refractivity contribution >= 4 is 27.7 Å². The van der Waals surface area contributed by atoms with E-state index in [0.29, 0.717) is 0 Å². The summed E-state index contributed by atoms with van der Waals surface area (Å²) in [5.74, 6) is 2.64. The maximum Gasteiger partial charge on any atom is 0.228 e. The Morgan fingerprint density at radius 3 is 2.56 bits per heavy atom. The molecule has 2 nitrogen and oxygen atoms in total. The Morgan fingerprint density at radius 2 is 1.83 bits per heavy atom. The lowest BCUT2D eigenvalue weighted by Gasteiger charge is -2.00. The van der Waals surface area contributed by atoms with Crippen molar-refractivity contribution in [3.05, 3.63) is 48.0 Å². The highest BCUT2D eigenvalue weighted by molar-refractivity contribution is 6.13. The molecule has 0 atom stereocenters. The third-order valence-electron chi connectivity index (χ3n) is 3.15. The van der Waals surface area contributed by atoms with E-state index in [1.165, 1.54) is 0 Å². The molecule has 2 aromatic carbocycles. The minimum atomic E-state index is 0.00894. The van der Waals surface area contributed by atoms with Crippen LogP contribution < -0.4 is 0 Å². The third kappa shape index (κ3) is 1.34. The van der Waals surface area contributed by atoms with Crippen LogP contribution >= 0.6 is 0 Å². The predicted octanol–water partition coefficient (Wildman–Crippen LogP) is 3.44. The first-order valence-electron chi connectivity index (χ1n) is 5.73. The van der Waals surface area contributed by atoms with Gasteiger partial charge in [0.25, 0.3) is 0 Å². The van der Waals surface area contributed by atoms with Crippen LogP contribution in [0, 0.1) is 12.3 Å². The van der Waals surface area contributed by atoms with Gasteiger partial charge < -0.3 is 0 Å². The lowest BCUT2D eigenvalue weighted by atomic mass is 10.1. The van der Waals surface area contributed by atoms with E-state index in [0.717, 1.165) is 27.4 Å². The van der Waals surface area contributed by atoms with E-state index >= 15 is 0 Å². The van der Waals surface area contributed by atoms with E-state index in [1.54, 1.807) is 11.5 Å². The summed E-state index contributed by atoms with van der Waals surface area (Å²) in [7, 11) is 0. The Kier molecular flexibility index (Phi) is 2.21. The second-order valence-electron chi connectivity index (χ2n) is 4.25. The fourth-order valence-corrected chi connectivity index (χ4v) is 2.40. The fraction of sp³-hybridized carbons (Fsp3) is 0.0625. The van der Waals surface area contributed by atoms with Crippen LogP contribution in [0.25, 0.3) is 21.8 Å². The van der Waals surface area contributed by atoms with Crippen LogP contribution in [0.5, 0.6) is 0 Å². The number of para-hydroxylation sites is 1. The van der Waals surface area contributed by atoms with Gasteiger partial charge in [0.05, 0.1) is 11.0 Å². The molecule has 0 unspecified atom stereocenters. The van der Waals surface area contributed by atoms with E-state index in [1.807, 2.05) is 42.5 Å². The number of carbonyl (C=O) groups is 1. The largest absolute Gasteiger partial charge is 0.280 e. The quantitative estimate of drug-likeness (QED) is 0.545. The van der Waals surface area contributed by atoms with Crippen LogP contribution in [0.15, 0.2) is 42.5 Å². The van der Waals surface area contributed by atoms with Crippen molar-refractivity contribution in [2.24, 2.45) is 0 Å². The molecule has 3 aromatic rings. The van der Waals surface area contributed by atoms with Gasteiger partial charge in [-0.1, -0.05) is 24.1 Å². The van der Waals surface area contributed by atoms with Gasteiger partial charge in [0.15, 0.2) is 0 Å². The second-order valence-corrected chi connectivity index (χ2v) is 4.25. The first-order chi connectivity index (χ1) is 8.72. The highest BCUT2D eigenvalue weighted by Gasteiger charge is 2.12. The van der Waals surface area contributed by atoms with Gasteiger partial charge in [-0.3, -0.25) is 9.36 Å². The summed E-state index contributed by atoms with van der Waals surface area (Å²) in [6.07, 6.45) is 5.43. The second kappa shape index (κ2) is 3.75. The molecule has 86 valence electrons. The van der Waals surface area contributed by atoms with Crippen molar-refractivity contribution in [3.63, 3.8) is 0 Å². The minimum absolute atomic E-state index is 0.00894.